The van der Waals surface area contributed by atoms with Crippen molar-refractivity contribution in [2.45, 2.75) is 20.4 Å². The number of aryl methyl sites for hydroxylation is 1. The normalized spacial score (nSPS) is 11.9. The first-order valence-electron chi connectivity index (χ1n) is 7.76. The number of hydrogen-bond donors (Lipinski definition) is 2. The lowest BCUT2D eigenvalue weighted by atomic mass is 10.3. The third-order valence-corrected chi connectivity index (χ3v) is 3.35. The Morgan fingerprint density at radius 2 is 2.09 bits per heavy atom. The minimum atomic E-state index is 0.537. The van der Waals surface area contributed by atoms with E-state index in [1.165, 1.54) is 0 Å². The molecule has 1 aromatic heterocycles. The molecule has 0 unspecified atom stereocenters. The van der Waals surface area contributed by atoms with E-state index in [1.54, 1.807) is 0 Å². The summed E-state index contributed by atoms with van der Waals surface area (Å²) in [6.07, 6.45) is 0. The Kier molecular flexibility index (Phi) is 6.21. The van der Waals surface area contributed by atoms with Crippen LogP contribution in [0.4, 0.5) is 0 Å². The number of nitrogens with one attached hydrogen (secondary N) is 2. The molecule has 2 rings (SSSR count). The van der Waals surface area contributed by atoms with Crippen LogP contribution in [0.5, 0.6) is 0 Å². The monoisotopic (exact) mass is 303 g/mol. The minimum Gasteiger partial charge on any atom is -0.380 e. The SMILES string of the molecule is CCNC(=NCc1nc2ccccc2n1C)NCCOCC. The molecule has 0 bridgehead atoms. The molecular weight excluding hydrogens is 278 g/mol. The highest BCUT2D eigenvalue weighted by molar-refractivity contribution is 5.80. The van der Waals surface area contributed by atoms with Crippen molar-refractivity contribution < 1.29 is 4.74 Å². The molecule has 0 radical (unpaired) electrons. The summed E-state index contributed by atoms with van der Waals surface area (Å²) in [5.41, 5.74) is 2.13. The van der Waals surface area contributed by atoms with Crippen molar-refractivity contribution in [3.05, 3.63) is 30.1 Å². The van der Waals surface area contributed by atoms with Crippen LogP contribution in [0.1, 0.15) is 19.7 Å². The molecule has 0 saturated carbocycles. The molecule has 0 saturated heterocycles. The summed E-state index contributed by atoms with van der Waals surface area (Å²) in [5.74, 6) is 1.73. The molecule has 120 valence electrons. The molecule has 1 aromatic carbocycles. The Morgan fingerprint density at radius 3 is 2.82 bits per heavy atom. The Morgan fingerprint density at radius 1 is 1.27 bits per heavy atom. The van der Waals surface area contributed by atoms with Crippen LogP contribution >= 0.6 is 0 Å². The van der Waals surface area contributed by atoms with Crippen LogP contribution in [0.15, 0.2) is 29.3 Å². The van der Waals surface area contributed by atoms with Gasteiger partial charge in [-0.1, -0.05) is 12.1 Å². The molecule has 22 heavy (non-hydrogen) atoms. The van der Waals surface area contributed by atoms with Crippen molar-refractivity contribution in [3.8, 4) is 0 Å². The van der Waals surface area contributed by atoms with Gasteiger partial charge in [0.1, 0.15) is 12.4 Å². The summed E-state index contributed by atoms with van der Waals surface area (Å²) in [5, 5.41) is 6.49. The van der Waals surface area contributed by atoms with Crippen LogP contribution in [0.25, 0.3) is 11.0 Å². The summed E-state index contributed by atoms with van der Waals surface area (Å²) < 4.78 is 7.41. The number of hydrogen-bond acceptors (Lipinski definition) is 3. The number of para-hydroxylation sites is 2. The van der Waals surface area contributed by atoms with Crippen LogP contribution in [0.3, 0.4) is 0 Å². The van der Waals surface area contributed by atoms with Crippen molar-refractivity contribution in [1.82, 2.24) is 20.2 Å². The first kappa shape index (κ1) is 16.3. The van der Waals surface area contributed by atoms with E-state index in [4.69, 9.17) is 4.74 Å². The van der Waals surface area contributed by atoms with Gasteiger partial charge in [-0.15, -0.1) is 0 Å². The summed E-state index contributed by atoms with van der Waals surface area (Å²) in [7, 11) is 2.02. The maximum Gasteiger partial charge on any atom is 0.191 e. The van der Waals surface area contributed by atoms with Gasteiger partial charge in [-0.25, -0.2) is 9.98 Å². The largest absolute Gasteiger partial charge is 0.380 e. The lowest BCUT2D eigenvalue weighted by molar-refractivity contribution is 0.152. The van der Waals surface area contributed by atoms with Crippen molar-refractivity contribution >= 4 is 17.0 Å². The molecule has 0 spiro atoms. The molecule has 0 fully saturated rings. The minimum absolute atomic E-state index is 0.537. The van der Waals surface area contributed by atoms with Gasteiger partial charge in [-0.05, 0) is 26.0 Å². The van der Waals surface area contributed by atoms with Gasteiger partial charge >= 0.3 is 0 Å². The number of imidazole rings is 1. The quantitative estimate of drug-likeness (QED) is 0.464. The average Bonchev–Trinajstić information content (AvgIpc) is 2.86. The average molecular weight is 303 g/mol. The smallest absolute Gasteiger partial charge is 0.191 e. The van der Waals surface area contributed by atoms with E-state index in [2.05, 4.69) is 38.2 Å². The number of aliphatic imine (C=N–C) groups is 1. The van der Waals surface area contributed by atoms with Gasteiger partial charge in [0.05, 0.1) is 17.6 Å². The second kappa shape index (κ2) is 8.38. The predicted molar refractivity (Wildman–Crippen MR) is 90.0 cm³/mol. The number of guanidine groups is 1. The van der Waals surface area contributed by atoms with E-state index >= 15 is 0 Å². The Labute approximate surface area is 131 Å². The first-order chi connectivity index (χ1) is 10.8. The zero-order valence-electron chi connectivity index (χ0n) is 13.6. The van der Waals surface area contributed by atoms with Crippen molar-refractivity contribution in [2.75, 3.05) is 26.3 Å². The zero-order chi connectivity index (χ0) is 15.8. The van der Waals surface area contributed by atoms with Crippen LogP contribution in [0, 0.1) is 0 Å². The van der Waals surface area contributed by atoms with E-state index in [-0.39, 0.29) is 0 Å². The fourth-order valence-electron chi connectivity index (χ4n) is 2.21. The van der Waals surface area contributed by atoms with Crippen molar-refractivity contribution in [1.29, 1.82) is 0 Å². The van der Waals surface area contributed by atoms with Gasteiger partial charge in [0.2, 0.25) is 0 Å². The third kappa shape index (κ3) is 4.21. The lowest BCUT2D eigenvalue weighted by Gasteiger charge is -2.11. The molecule has 0 aliphatic heterocycles. The highest BCUT2D eigenvalue weighted by atomic mass is 16.5. The molecule has 2 N–H and O–H groups in total. The van der Waals surface area contributed by atoms with Gasteiger partial charge in [-0.2, -0.15) is 0 Å². The highest BCUT2D eigenvalue weighted by Crippen LogP contribution is 2.14. The van der Waals surface area contributed by atoms with E-state index in [0.717, 1.165) is 42.5 Å². The van der Waals surface area contributed by atoms with Crippen LogP contribution in [-0.2, 0) is 18.3 Å². The lowest BCUT2D eigenvalue weighted by Crippen LogP contribution is -2.39. The predicted octanol–water partition coefficient (Wildman–Crippen LogP) is 1.66. The van der Waals surface area contributed by atoms with Gasteiger partial charge < -0.3 is 19.9 Å². The zero-order valence-corrected chi connectivity index (χ0v) is 13.6. The van der Waals surface area contributed by atoms with Crippen LogP contribution in [0.2, 0.25) is 0 Å². The number of ether oxygens (including phenoxy) is 1. The molecule has 2 aromatic rings. The molecule has 6 nitrogen and oxygen atoms in total. The van der Waals surface area contributed by atoms with Crippen molar-refractivity contribution in [2.24, 2.45) is 12.0 Å². The number of aromatic nitrogens is 2. The van der Waals surface area contributed by atoms with E-state index < -0.39 is 0 Å². The number of benzene rings is 1. The van der Waals surface area contributed by atoms with Gasteiger partial charge in [0.15, 0.2) is 5.96 Å². The van der Waals surface area contributed by atoms with E-state index in [0.29, 0.717) is 13.2 Å². The van der Waals surface area contributed by atoms with Gasteiger partial charge in [0.25, 0.3) is 0 Å². The topological polar surface area (TPSA) is 63.5 Å². The number of fused-ring (bicyclic) bond motifs is 1. The molecular formula is C16H25N5O. The molecule has 0 aliphatic rings. The molecule has 0 amide bonds. The third-order valence-electron chi connectivity index (χ3n) is 3.35. The summed E-state index contributed by atoms with van der Waals surface area (Å²) in [6.45, 7) is 7.54. The maximum absolute atomic E-state index is 5.32. The molecule has 1 heterocycles. The van der Waals surface area contributed by atoms with Gasteiger partial charge in [-0.3, -0.25) is 0 Å². The van der Waals surface area contributed by atoms with Crippen LogP contribution in [-0.4, -0.2) is 41.8 Å². The Hall–Kier alpha value is -2.08. The fraction of sp³-hybridized carbons (Fsp3) is 0.500. The maximum atomic E-state index is 5.32. The molecule has 0 atom stereocenters. The summed E-state index contributed by atoms with van der Waals surface area (Å²) >= 11 is 0. The second-order valence-electron chi connectivity index (χ2n) is 4.89. The Balaban J connectivity index is 2.03. The Bertz CT molecular complexity index is 620. The first-order valence-corrected chi connectivity index (χ1v) is 7.76. The standard InChI is InChI=1S/C16H25N5O/c1-4-17-16(18-10-11-22-5-2)19-12-15-20-13-8-6-7-9-14(13)21(15)3/h6-9H,4-5,10-12H2,1-3H3,(H2,17,18,19). The van der Waals surface area contributed by atoms with Crippen molar-refractivity contribution in [3.63, 3.8) is 0 Å². The summed E-state index contributed by atoms with van der Waals surface area (Å²) in [6, 6.07) is 8.12. The van der Waals surface area contributed by atoms with E-state index in [9.17, 15) is 0 Å². The molecule has 0 aliphatic carbocycles. The number of rotatable bonds is 7. The highest BCUT2D eigenvalue weighted by Gasteiger charge is 2.06. The second-order valence-corrected chi connectivity index (χ2v) is 4.89. The fourth-order valence-corrected chi connectivity index (χ4v) is 2.21. The van der Waals surface area contributed by atoms with Gasteiger partial charge in [0, 0.05) is 26.7 Å². The number of nitrogens with zero attached hydrogens (tertiary/aromatic N) is 3. The molecule has 6 heteroatoms. The summed E-state index contributed by atoms with van der Waals surface area (Å²) in [4.78, 5) is 9.22. The van der Waals surface area contributed by atoms with Crippen LogP contribution < -0.4 is 10.6 Å². The van der Waals surface area contributed by atoms with E-state index in [1.807, 2.05) is 32.2 Å².